The molecule has 1 amide bonds. The lowest BCUT2D eigenvalue weighted by atomic mass is 10.1. The van der Waals surface area contributed by atoms with Crippen molar-refractivity contribution >= 4 is 5.91 Å². The number of carbonyl (C=O) groups is 1. The molecule has 0 saturated heterocycles. The summed E-state index contributed by atoms with van der Waals surface area (Å²) in [5.74, 6) is 0.365. The third-order valence-electron chi connectivity index (χ3n) is 1.95. The van der Waals surface area contributed by atoms with Crippen molar-refractivity contribution in [3.05, 3.63) is 0 Å². The van der Waals surface area contributed by atoms with Gasteiger partial charge in [-0.25, -0.2) is 0 Å². The molecule has 90 valence electrons. The van der Waals surface area contributed by atoms with Crippen LogP contribution in [0.4, 0.5) is 0 Å². The zero-order valence-electron chi connectivity index (χ0n) is 9.62. The third-order valence-corrected chi connectivity index (χ3v) is 1.95. The van der Waals surface area contributed by atoms with Crippen LogP contribution in [0.5, 0.6) is 0 Å². The summed E-state index contributed by atoms with van der Waals surface area (Å²) in [6.07, 6.45) is 0.421. The number of nitrogens with two attached hydrogens (primary N) is 1. The average Bonchev–Trinajstić information content (AvgIpc) is 2.20. The fraction of sp³-hybridized carbons (Fsp3) is 0.900. The maximum absolute atomic E-state index is 11.6. The van der Waals surface area contributed by atoms with Gasteiger partial charge in [-0.1, -0.05) is 13.8 Å². The average molecular weight is 217 g/mol. The van der Waals surface area contributed by atoms with E-state index in [1.807, 2.05) is 13.8 Å². The summed E-state index contributed by atoms with van der Waals surface area (Å²) in [5.41, 5.74) is 5.34. The van der Waals surface area contributed by atoms with Crippen LogP contribution in [0.1, 0.15) is 20.3 Å². The van der Waals surface area contributed by atoms with Gasteiger partial charge in [0.05, 0.1) is 6.04 Å². The zero-order chi connectivity index (χ0) is 11.7. The standard InChI is InChI=1S/C10H23N3O2/c1-8(2)7-13-10(15)9(3-6-14)12-5-4-11/h8-9,12,14H,3-7,11H2,1-2H3,(H,13,15)/t9-/m0/s1. The first-order valence-corrected chi connectivity index (χ1v) is 5.43. The summed E-state index contributed by atoms with van der Waals surface area (Å²) in [7, 11) is 0. The molecular formula is C10H23N3O2. The van der Waals surface area contributed by atoms with Crippen LogP contribution in [-0.4, -0.2) is 43.3 Å². The summed E-state index contributed by atoms with van der Waals surface area (Å²) in [5, 5.41) is 14.6. The lowest BCUT2D eigenvalue weighted by Crippen LogP contribution is -2.47. The van der Waals surface area contributed by atoms with Gasteiger partial charge in [-0.3, -0.25) is 4.79 Å². The van der Waals surface area contributed by atoms with E-state index in [0.717, 1.165) is 0 Å². The molecule has 0 rings (SSSR count). The van der Waals surface area contributed by atoms with Gasteiger partial charge >= 0.3 is 0 Å². The van der Waals surface area contributed by atoms with E-state index in [-0.39, 0.29) is 18.6 Å². The number of hydrogen-bond acceptors (Lipinski definition) is 4. The van der Waals surface area contributed by atoms with E-state index in [1.165, 1.54) is 0 Å². The van der Waals surface area contributed by atoms with Crippen LogP contribution < -0.4 is 16.4 Å². The van der Waals surface area contributed by atoms with Crippen molar-refractivity contribution < 1.29 is 9.90 Å². The highest BCUT2D eigenvalue weighted by atomic mass is 16.3. The van der Waals surface area contributed by atoms with Gasteiger partial charge in [0.1, 0.15) is 0 Å². The second-order valence-corrected chi connectivity index (χ2v) is 3.95. The molecule has 0 radical (unpaired) electrons. The van der Waals surface area contributed by atoms with E-state index in [2.05, 4.69) is 10.6 Å². The molecule has 0 bridgehead atoms. The second-order valence-electron chi connectivity index (χ2n) is 3.95. The Kier molecular flexibility index (Phi) is 8.27. The highest BCUT2D eigenvalue weighted by Gasteiger charge is 2.16. The second kappa shape index (κ2) is 8.64. The van der Waals surface area contributed by atoms with Gasteiger partial charge in [0.25, 0.3) is 0 Å². The zero-order valence-corrected chi connectivity index (χ0v) is 9.62. The van der Waals surface area contributed by atoms with E-state index in [4.69, 9.17) is 10.8 Å². The Morgan fingerprint density at radius 3 is 2.60 bits per heavy atom. The molecule has 0 heterocycles. The van der Waals surface area contributed by atoms with Gasteiger partial charge in [0, 0.05) is 26.2 Å². The maximum atomic E-state index is 11.6. The number of hydrogen-bond donors (Lipinski definition) is 4. The molecule has 0 aromatic rings. The quantitative estimate of drug-likeness (QED) is 0.422. The Morgan fingerprint density at radius 2 is 2.13 bits per heavy atom. The van der Waals surface area contributed by atoms with Crippen LogP contribution in [0, 0.1) is 5.92 Å². The van der Waals surface area contributed by atoms with Crippen molar-refractivity contribution in [2.75, 3.05) is 26.2 Å². The first-order valence-electron chi connectivity index (χ1n) is 5.43. The molecule has 0 aromatic carbocycles. The van der Waals surface area contributed by atoms with Gasteiger partial charge in [-0.15, -0.1) is 0 Å². The number of aliphatic hydroxyl groups is 1. The van der Waals surface area contributed by atoms with Crippen molar-refractivity contribution in [3.8, 4) is 0 Å². The smallest absolute Gasteiger partial charge is 0.237 e. The normalized spacial score (nSPS) is 12.9. The van der Waals surface area contributed by atoms with Crippen molar-refractivity contribution in [1.29, 1.82) is 0 Å². The van der Waals surface area contributed by atoms with Gasteiger partial charge in [-0.05, 0) is 12.3 Å². The summed E-state index contributed by atoms with van der Waals surface area (Å²) >= 11 is 0. The number of carbonyl (C=O) groups excluding carboxylic acids is 1. The number of amides is 1. The van der Waals surface area contributed by atoms with Gasteiger partial charge in [-0.2, -0.15) is 0 Å². The fourth-order valence-electron chi connectivity index (χ4n) is 1.14. The molecule has 5 N–H and O–H groups in total. The predicted molar refractivity (Wildman–Crippen MR) is 60.4 cm³/mol. The fourth-order valence-corrected chi connectivity index (χ4v) is 1.14. The Labute approximate surface area is 91.4 Å². The van der Waals surface area contributed by atoms with Crippen molar-refractivity contribution in [3.63, 3.8) is 0 Å². The van der Waals surface area contributed by atoms with Crippen LogP contribution in [0.3, 0.4) is 0 Å². The molecule has 5 heteroatoms. The topological polar surface area (TPSA) is 87.4 Å². The largest absolute Gasteiger partial charge is 0.396 e. The van der Waals surface area contributed by atoms with E-state index < -0.39 is 0 Å². The molecule has 0 aliphatic carbocycles. The van der Waals surface area contributed by atoms with E-state index >= 15 is 0 Å². The molecule has 0 aliphatic rings. The molecule has 0 spiro atoms. The first-order chi connectivity index (χ1) is 7.11. The summed E-state index contributed by atoms with van der Waals surface area (Å²) in [6.45, 7) is 5.80. The molecule has 0 aromatic heterocycles. The van der Waals surface area contributed by atoms with Crippen molar-refractivity contribution in [1.82, 2.24) is 10.6 Å². The van der Waals surface area contributed by atoms with Gasteiger partial charge in [0.15, 0.2) is 0 Å². The number of rotatable bonds is 8. The van der Waals surface area contributed by atoms with Crippen molar-refractivity contribution in [2.45, 2.75) is 26.3 Å². The highest BCUT2D eigenvalue weighted by molar-refractivity contribution is 5.81. The molecule has 0 saturated carbocycles. The highest BCUT2D eigenvalue weighted by Crippen LogP contribution is 1.93. The Bertz CT molecular complexity index is 174. The summed E-state index contributed by atoms with van der Waals surface area (Å²) in [4.78, 5) is 11.6. The third kappa shape index (κ3) is 7.30. The predicted octanol–water partition coefficient (Wildman–Crippen LogP) is -0.942. The first kappa shape index (κ1) is 14.3. The Morgan fingerprint density at radius 1 is 1.47 bits per heavy atom. The van der Waals surface area contributed by atoms with E-state index in [0.29, 0.717) is 32.0 Å². The Balaban J connectivity index is 3.92. The molecule has 0 fully saturated rings. The van der Waals surface area contributed by atoms with Crippen molar-refractivity contribution in [2.24, 2.45) is 11.7 Å². The summed E-state index contributed by atoms with van der Waals surface area (Å²) < 4.78 is 0. The molecule has 0 aliphatic heterocycles. The SMILES string of the molecule is CC(C)CNC(=O)[C@H](CCO)NCCN. The Hall–Kier alpha value is -0.650. The minimum absolute atomic E-state index is 0.00264. The van der Waals surface area contributed by atoms with Crippen LogP contribution in [-0.2, 0) is 4.79 Å². The van der Waals surface area contributed by atoms with Gasteiger partial charge in [0.2, 0.25) is 5.91 Å². The van der Waals surface area contributed by atoms with Gasteiger partial charge < -0.3 is 21.5 Å². The maximum Gasteiger partial charge on any atom is 0.237 e. The van der Waals surface area contributed by atoms with E-state index in [1.54, 1.807) is 0 Å². The molecule has 5 nitrogen and oxygen atoms in total. The molecule has 15 heavy (non-hydrogen) atoms. The van der Waals surface area contributed by atoms with E-state index in [9.17, 15) is 4.79 Å². The summed E-state index contributed by atoms with van der Waals surface area (Å²) in [6, 6.07) is -0.336. The molecule has 1 atom stereocenters. The lowest BCUT2D eigenvalue weighted by molar-refractivity contribution is -0.123. The lowest BCUT2D eigenvalue weighted by Gasteiger charge is -2.17. The molecular weight excluding hydrogens is 194 g/mol. The van der Waals surface area contributed by atoms with Crippen LogP contribution >= 0.6 is 0 Å². The minimum Gasteiger partial charge on any atom is -0.396 e. The monoisotopic (exact) mass is 217 g/mol. The number of aliphatic hydroxyl groups excluding tert-OH is 1. The van der Waals surface area contributed by atoms with Crippen LogP contribution in [0.2, 0.25) is 0 Å². The molecule has 0 unspecified atom stereocenters. The van der Waals surface area contributed by atoms with Crippen LogP contribution in [0.25, 0.3) is 0 Å². The number of nitrogens with one attached hydrogen (secondary N) is 2. The minimum atomic E-state index is -0.336. The van der Waals surface area contributed by atoms with Crippen LogP contribution in [0.15, 0.2) is 0 Å².